The molecule has 3 radical (unpaired) electrons. The molecule has 0 aliphatic carbocycles. The molecular weight excluding hydrogens is 1770 g/mol. The van der Waals surface area contributed by atoms with E-state index in [1.165, 1.54) is 22.3 Å². The number of sulfone groups is 2. The number of sulfonamides is 2. The highest BCUT2D eigenvalue weighted by atomic mass is 32.2. The molecule has 132 heavy (non-hydrogen) atoms. The number of primary sulfonamides is 2. The molecule has 32 nitrogen and oxygen atoms in total. The molecule has 8 heterocycles. The SMILES string of the molecule is C.CCOc1c2c(c(OCC)c3ncccc13)C(=O)N(c1ccc(CS(C)(=O)=O)cc1C)C2O.CCOc1c2c(c(OCC)c3ncccc13)C(=O)N(c1ccc(CS(N)(=O)=O)cc1C)C2.CCOc1c2c(c(OCC)c3ncccc13)C(O)N(c1ccc(CS(C)(=O)=O)cc1C)C2=O.CCOc1c2c(c(OCC)c3ncccc13)CN(c1ccc(CS(N)(=O)=O)cc1C)C2=O.[2HH].[B]. The van der Waals surface area contributed by atoms with Crippen molar-refractivity contribution in [1.29, 1.82) is 0 Å². The van der Waals surface area contributed by atoms with Gasteiger partial charge in [-0.2, -0.15) is 0 Å². The highest BCUT2D eigenvalue weighted by Gasteiger charge is 2.47. The Hall–Kier alpha value is -12.6. The molecule has 0 bridgehead atoms. The van der Waals surface area contributed by atoms with Crippen molar-refractivity contribution in [2.45, 2.75) is 139 Å². The number of aliphatic hydroxyl groups is 2. The van der Waals surface area contributed by atoms with Gasteiger partial charge in [-0.1, -0.05) is 56.0 Å². The normalized spacial score (nSPS) is 14.4. The molecule has 6 N–H and O–H groups in total. The maximum atomic E-state index is 13.7. The van der Waals surface area contributed by atoms with Crippen LogP contribution < -0.4 is 67.8 Å². The summed E-state index contributed by atoms with van der Waals surface area (Å²) in [6.07, 6.45) is 6.31. The van der Waals surface area contributed by atoms with Crippen LogP contribution in [0.4, 0.5) is 22.7 Å². The Balaban J connectivity index is 0.000000182. The number of benzene rings is 8. The summed E-state index contributed by atoms with van der Waals surface area (Å²) in [7, 11) is -13.7. The first-order valence-electron chi connectivity index (χ1n) is 42.0. The average molecular weight is 1880 g/mol. The topological polar surface area (TPSA) is 436 Å². The van der Waals surface area contributed by atoms with Gasteiger partial charge in [-0.05, 0) is 200 Å². The molecule has 4 aliphatic rings. The first kappa shape index (κ1) is 99.9. The van der Waals surface area contributed by atoms with Gasteiger partial charge in [-0.25, -0.2) is 43.9 Å². The zero-order valence-electron chi connectivity index (χ0n) is 74.9. The van der Waals surface area contributed by atoms with Gasteiger partial charge in [0, 0.05) is 103 Å². The molecule has 2 unspecified atom stereocenters. The van der Waals surface area contributed by atoms with E-state index < -0.39 is 64.0 Å². The van der Waals surface area contributed by atoms with Gasteiger partial charge in [0.15, 0.2) is 55.1 Å². The number of nitrogens with two attached hydrogens (primary N) is 2. The largest absolute Gasteiger partial charge is 0.493 e. The number of rotatable bonds is 28. The molecule has 4 aromatic heterocycles. The average Bonchev–Trinajstić information content (AvgIpc) is 1.58. The van der Waals surface area contributed by atoms with Gasteiger partial charge in [0.1, 0.15) is 45.1 Å². The number of carbonyl (C=O) groups is 4. The molecule has 0 saturated heterocycles. The van der Waals surface area contributed by atoms with Crippen molar-refractivity contribution in [2.24, 2.45) is 10.3 Å². The summed E-state index contributed by atoms with van der Waals surface area (Å²) in [5, 5.41) is 35.9. The van der Waals surface area contributed by atoms with Crippen LogP contribution in [0.25, 0.3) is 43.6 Å². The van der Waals surface area contributed by atoms with Gasteiger partial charge in [-0.15, -0.1) is 0 Å². The molecule has 8 aromatic carbocycles. The van der Waals surface area contributed by atoms with E-state index in [0.29, 0.717) is 223 Å². The lowest BCUT2D eigenvalue weighted by molar-refractivity contribution is 0.0921. The van der Waals surface area contributed by atoms with Crippen molar-refractivity contribution >= 4 is 138 Å². The van der Waals surface area contributed by atoms with E-state index in [2.05, 4.69) is 19.9 Å². The van der Waals surface area contributed by atoms with Gasteiger partial charge >= 0.3 is 0 Å². The highest BCUT2D eigenvalue weighted by molar-refractivity contribution is 7.90. The lowest BCUT2D eigenvalue weighted by atomic mass is 10.0. The third-order valence-electron chi connectivity index (χ3n) is 21.6. The van der Waals surface area contributed by atoms with Gasteiger partial charge < -0.3 is 57.9 Å². The van der Waals surface area contributed by atoms with E-state index >= 15 is 0 Å². The molecule has 16 rings (SSSR count). The quantitative estimate of drug-likeness (QED) is 0.0331. The molecule has 0 saturated carbocycles. The molecule has 0 spiro atoms. The fraction of sp³-hybridized carbons (Fsp3) is 0.326. The van der Waals surface area contributed by atoms with Crippen LogP contribution in [-0.2, 0) is 75.8 Å². The summed E-state index contributed by atoms with van der Waals surface area (Å²) in [5.41, 5.74) is 13.3. The van der Waals surface area contributed by atoms with E-state index in [-0.39, 0.29) is 63.2 Å². The molecule has 37 heteroatoms. The Kier molecular flexibility index (Phi) is 31.1. The Morgan fingerprint density at radius 3 is 0.985 bits per heavy atom. The Labute approximate surface area is 771 Å². The van der Waals surface area contributed by atoms with E-state index in [4.69, 9.17) is 48.2 Å². The minimum Gasteiger partial charge on any atom is -0.493 e. The lowest BCUT2D eigenvalue weighted by Crippen LogP contribution is -2.28. The number of aryl methyl sites for hydroxylation is 4. The van der Waals surface area contributed by atoms with Crippen molar-refractivity contribution < 1.29 is 102 Å². The summed E-state index contributed by atoms with van der Waals surface area (Å²) in [6, 6.07) is 34.9. The Morgan fingerprint density at radius 2 is 0.621 bits per heavy atom. The van der Waals surface area contributed by atoms with Crippen molar-refractivity contribution in [3.8, 4) is 46.0 Å². The second-order valence-corrected chi connectivity index (χ2v) is 38.6. The monoisotopic (exact) mass is 1880 g/mol. The number of pyridine rings is 4. The van der Waals surface area contributed by atoms with Crippen molar-refractivity contribution in [3.05, 3.63) is 235 Å². The number of carbonyl (C=O) groups excluding carboxylic acids is 4. The molecular formula is C95H108BN10O22S4. The van der Waals surface area contributed by atoms with E-state index in [9.17, 15) is 63.1 Å². The lowest BCUT2D eigenvalue weighted by Gasteiger charge is -2.24. The predicted molar refractivity (Wildman–Crippen MR) is 511 cm³/mol. The van der Waals surface area contributed by atoms with Gasteiger partial charge in [-0.3, -0.25) is 48.9 Å². The molecule has 697 valence electrons. The minimum atomic E-state index is -3.65. The third kappa shape index (κ3) is 20.4. The molecule has 4 amide bonds. The molecule has 2 atom stereocenters. The van der Waals surface area contributed by atoms with Crippen LogP contribution in [0.1, 0.15) is 185 Å². The number of nitrogens with zero attached hydrogens (tertiary/aromatic N) is 8. The second-order valence-electron chi connectivity index (χ2n) is 31.1. The van der Waals surface area contributed by atoms with Crippen LogP contribution >= 0.6 is 0 Å². The van der Waals surface area contributed by atoms with Gasteiger partial charge in [0.05, 0.1) is 122 Å². The van der Waals surface area contributed by atoms with E-state index in [1.54, 1.807) is 139 Å². The number of anilines is 4. The van der Waals surface area contributed by atoms with Crippen molar-refractivity contribution in [2.75, 3.05) is 85.0 Å². The first-order valence-corrected chi connectivity index (χ1v) is 49.6. The molecule has 4 aliphatic heterocycles. The van der Waals surface area contributed by atoms with Crippen LogP contribution in [0, 0.1) is 27.7 Å². The predicted octanol–water partition coefficient (Wildman–Crippen LogP) is 14.2. The molecule has 0 fully saturated rings. The third-order valence-corrected chi connectivity index (χ3v) is 24.8. The van der Waals surface area contributed by atoms with Crippen LogP contribution in [0.3, 0.4) is 0 Å². The maximum Gasteiger partial charge on any atom is 0.265 e. The number of hydrogen-bond donors (Lipinski definition) is 4. The fourth-order valence-electron chi connectivity index (χ4n) is 16.9. The van der Waals surface area contributed by atoms with E-state index in [0.717, 1.165) is 33.0 Å². The number of amides is 4. The number of fused-ring (bicyclic) bond motifs is 8. The number of ether oxygens (including phenoxy) is 8. The summed E-state index contributed by atoms with van der Waals surface area (Å²) in [5.74, 6) is 1.59. The van der Waals surface area contributed by atoms with Crippen LogP contribution in [0.5, 0.6) is 46.0 Å². The van der Waals surface area contributed by atoms with Crippen molar-refractivity contribution in [1.82, 2.24) is 19.9 Å². The summed E-state index contributed by atoms with van der Waals surface area (Å²) in [6.45, 7) is 25.6. The summed E-state index contributed by atoms with van der Waals surface area (Å²) < 4.78 is 140. The zero-order valence-corrected chi connectivity index (χ0v) is 78.2. The Morgan fingerprint density at radius 1 is 0.356 bits per heavy atom. The summed E-state index contributed by atoms with van der Waals surface area (Å²) in [4.78, 5) is 78.3. The number of hydrogen-bond acceptors (Lipinski definition) is 26. The highest BCUT2D eigenvalue weighted by Crippen LogP contribution is 2.54. The standard InChI is InChI=1S/2C24H26N2O6S.2C23H25N3O5S.CH4.B.H2/c2*1-5-31-21-16-8-7-11-25-20(16)22(32-6-2)19-18(21)23(27)26(24(19)28)17-10-9-15(12-14(17)3)13-33(4,29)30;1-4-30-21-16-7-6-10-25-20(16)22(31-5-2)17-12-26(23(27)19(17)21)18-9-8-15(11-14(18)3)13-32(24,28)29;1-4-30-21-16-7-6-10-25-20(16)22(31-5-2)19-17(21)12-26(23(19)27)18-9-8-15(11-14(18)3)13-32(24,28)29;;;/h7-12,24,28H,5-6,13H2,1-4H3;7-12,23,27H,5-6,13H2,1-4H3;2*6-11H,4-5,12-13H2,1-3H3,(H2,24,28,29);1H4;;1H/i;;;;;;1+1. The van der Waals surface area contributed by atoms with Gasteiger partial charge in [0.25, 0.3) is 23.6 Å². The fourth-order valence-corrected chi connectivity index (χ4v) is 19.8. The van der Waals surface area contributed by atoms with E-state index in [1.807, 2.05) is 99.6 Å². The van der Waals surface area contributed by atoms with Crippen molar-refractivity contribution in [3.63, 3.8) is 0 Å². The second kappa shape index (κ2) is 41.0. The molecule has 12 aromatic rings. The number of aliphatic hydroxyl groups excluding tert-OH is 2. The van der Waals surface area contributed by atoms with Crippen LogP contribution in [0.2, 0.25) is 0 Å². The summed E-state index contributed by atoms with van der Waals surface area (Å²) >= 11 is 0. The van der Waals surface area contributed by atoms with Crippen LogP contribution in [0.15, 0.2) is 146 Å². The Bertz CT molecular complexity index is 6610. The number of aromatic nitrogens is 4. The van der Waals surface area contributed by atoms with Crippen LogP contribution in [-0.4, -0.2) is 161 Å². The van der Waals surface area contributed by atoms with Gasteiger partial charge in [0.2, 0.25) is 20.0 Å². The minimum absolute atomic E-state index is 0. The maximum absolute atomic E-state index is 13.7. The zero-order chi connectivity index (χ0) is 93.9. The first-order chi connectivity index (χ1) is 61.8. The smallest absolute Gasteiger partial charge is 0.265 e.